The monoisotopic (exact) mass is 437 g/mol. The number of benzene rings is 2. The van der Waals surface area contributed by atoms with Gasteiger partial charge in [0.25, 0.3) is 5.56 Å². The Kier molecular flexibility index (Phi) is 5.56. The topological polar surface area (TPSA) is 73.1 Å². The Morgan fingerprint density at radius 2 is 1.94 bits per heavy atom. The second kappa shape index (κ2) is 8.31. The quantitative estimate of drug-likeness (QED) is 0.515. The number of fused-ring (bicyclic) bond motifs is 1. The molecule has 0 saturated carbocycles. The van der Waals surface area contributed by atoms with Crippen LogP contribution in [-0.2, 0) is 17.8 Å². The highest BCUT2D eigenvalue weighted by molar-refractivity contribution is 7.17. The third-order valence-electron chi connectivity index (χ3n) is 5.08. The Morgan fingerprint density at radius 3 is 2.68 bits per heavy atom. The lowest BCUT2D eigenvalue weighted by Crippen LogP contribution is -2.40. The van der Waals surface area contributed by atoms with Gasteiger partial charge in [-0.3, -0.25) is 14.2 Å². The zero-order valence-corrected chi connectivity index (χ0v) is 17.8. The van der Waals surface area contributed by atoms with Gasteiger partial charge in [0, 0.05) is 5.69 Å². The molecule has 0 aliphatic carbocycles. The standard InChI is InChI=1S/C23H20FN3O3S/c1-3-15-5-4-6-16(12-15)25-20(28)13-26-19-9-10-31-21(19)22(29)27(23(26)30)17-7-8-18(24)14(2)11-17/h4-12H,3,13H2,1-2H3,(H,25,28). The number of hydrogen-bond donors (Lipinski definition) is 1. The first kappa shape index (κ1) is 20.7. The van der Waals surface area contributed by atoms with Gasteiger partial charge in [-0.25, -0.2) is 13.8 Å². The molecule has 0 unspecified atom stereocenters. The fourth-order valence-corrected chi connectivity index (χ4v) is 4.27. The highest BCUT2D eigenvalue weighted by atomic mass is 32.1. The Balaban J connectivity index is 1.78. The lowest BCUT2D eigenvalue weighted by atomic mass is 10.1. The van der Waals surface area contributed by atoms with E-state index in [1.807, 2.05) is 25.1 Å². The lowest BCUT2D eigenvalue weighted by molar-refractivity contribution is -0.116. The molecule has 8 heteroatoms. The highest BCUT2D eigenvalue weighted by Crippen LogP contribution is 2.18. The van der Waals surface area contributed by atoms with Crippen LogP contribution in [-0.4, -0.2) is 15.0 Å². The van der Waals surface area contributed by atoms with Gasteiger partial charge in [-0.1, -0.05) is 19.1 Å². The number of amides is 1. The summed E-state index contributed by atoms with van der Waals surface area (Å²) in [6, 6.07) is 13.2. The molecule has 0 saturated heterocycles. The van der Waals surface area contributed by atoms with E-state index >= 15 is 0 Å². The average molecular weight is 437 g/mol. The van der Waals surface area contributed by atoms with Crippen molar-refractivity contribution in [3.63, 3.8) is 0 Å². The summed E-state index contributed by atoms with van der Waals surface area (Å²) in [5.41, 5.74) is 1.54. The summed E-state index contributed by atoms with van der Waals surface area (Å²) in [5.74, 6) is -0.814. The number of nitrogens with one attached hydrogen (secondary N) is 1. The fourth-order valence-electron chi connectivity index (χ4n) is 3.45. The first-order valence-electron chi connectivity index (χ1n) is 9.77. The number of carbonyl (C=O) groups excluding carboxylic acids is 1. The predicted molar refractivity (Wildman–Crippen MR) is 121 cm³/mol. The second-order valence-electron chi connectivity index (χ2n) is 7.18. The van der Waals surface area contributed by atoms with Crippen LogP contribution >= 0.6 is 11.3 Å². The molecule has 0 atom stereocenters. The summed E-state index contributed by atoms with van der Waals surface area (Å²) >= 11 is 1.19. The number of anilines is 1. The molecule has 0 radical (unpaired) electrons. The molecule has 1 N–H and O–H groups in total. The molecule has 0 bridgehead atoms. The Morgan fingerprint density at radius 1 is 1.13 bits per heavy atom. The molecule has 4 rings (SSSR count). The summed E-state index contributed by atoms with van der Waals surface area (Å²) in [6.45, 7) is 3.32. The molecular weight excluding hydrogens is 417 g/mol. The van der Waals surface area contributed by atoms with Crippen molar-refractivity contribution in [2.75, 3.05) is 5.32 Å². The summed E-state index contributed by atoms with van der Waals surface area (Å²) in [5, 5.41) is 4.51. The normalized spacial score (nSPS) is 11.1. The number of hydrogen-bond acceptors (Lipinski definition) is 4. The number of halogens is 1. The average Bonchev–Trinajstić information content (AvgIpc) is 3.24. The molecule has 158 valence electrons. The van der Waals surface area contributed by atoms with E-state index in [1.165, 1.54) is 34.1 Å². The minimum absolute atomic E-state index is 0.258. The number of rotatable bonds is 5. The van der Waals surface area contributed by atoms with Crippen LogP contribution < -0.4 is 16.6 Å². The molecule has 0 fully saturated rings. The van der Waals surface area contributed by atoms with Crippen molar-refractivity contribution in [2.24, 2.45) is 0 Å². The van der Waals surface area contributed by atoms with Gasteiger partial charge in [0.1, 0.15) is 17.1 Å². The van der Waals surface area contributed by atoms with Crippen LogP contribution in [0.3, 0.4) is 0 Å². The van der Waals surface area contributed by atoms with Crippen LogP contribution in [0.4, 0.5) is 10.1 Å². The van der Waals surface area contributed by atoms with Gasteiger partial charge in [0.15, 0.2) is 0 Å². The SMILES string of the molecule is CCc1cccc(NC(=O)Cn2c(=O)n(-c3ccc(F)c(C)c3)c(=O)c3sccc32)c1. The minimum atomic E-state index is -0.653. The van der Waals surface area contributed by atoms with Gasteiger partial charge >= 0.3 is 5.69 Å². The maximum absolute atomic E-state index is 13.7. The van der Waals surface area contributed by atoms with E-state index in [4.69, 9.17) is 0 Å². The van der Waals surface area contributed by atoms with Crippen molar-refractivity contribution in [2.45, 2.75) is 26.8 Å². The zero-order valence-electron chi connectivity index (χ0n) is 17.0. The van der Waals surface area contributed by atoms with Crippen LogP contribution in [0.1, 0.15) is 18.1 Å². The maximum Gasteiger partial charge on any atom is 0.336 e. The second-order valence-corrected chi connectivity index (χ2v) is 8.10. The smallest absolute Gasteiger partial charge is 0.325 e. The van der Waals surface area contributed by atoms with Crippen molar-refractivity contribution in [3.8, 4) is 5.69 Å². The fraction of sp³-hybridized carbons (Fsp3) is 0.174. The first-order chi connectivity index (χ1) is 14.9. The van der Waals surface area contributed by atoms with E-state index in [9.17, 15) is 18.8 Å². The molecule has 2 heterocycles. The summed E-state index contributed by atoms with van der Waals surface area (Å²) in [7, 11) is 0. The molecule has 31 heavy (non-hydrogen) atoms. The summed E-state index contributed by atoms with van der Waals surface area (Å²) < 4.78 is 16.3. The van der Waals surface area contributed by atoms with Crippen LogP contribution in [0.2, 0.25) is 0 Å². The third-order valence-corrected chi connectivity index (χ3v) is 5.97. The Bertz CT molecular complexity index is 1420. The molecule has 2 aromatic carbocycles. The number of aromatic nitrogens is 2. The largest absolute Gasteiger partial charge is 0.336 e. The minimum Gasteiger partial charge on any atom is -0.325 e. The molecule has 6 nitrogen and oxygen atoms in total. The molecule has 4 aromatic rings. The molecule has 0 spiro atoms. The molecule has 0 aliphatic rings. The van der Waals surface area contributed by atoms with Gasteiger partial charge in [0.2, 0.25) is 5.91 Å². The van der Waals surface area contributed by atoms with Crippen molar-refractivity contribution >= 4 is 33.1 Å². The van der Waals surface area contributed by atoms with E-state index in [2.05, 4.69) is 5.32 Å². The van der Waals surface area contributed by atoms with Crippen LogP contribution in [0.15, 0.2) is 63.5 Å². The summed E-state index contributed by atoms with van der Waals surface area (Å²) in [6.07, 6.45) is 0.834. The van der Waals surface area contributed by atoms with Crippen LogP contribution in [0, 0.1) is 12.7 Å². The summed E-state index contributed by atoms with van der Waals surface area (Å²) in [4.78, 5) is 38.9. The zero-order chi connectivity index (χ0) is 22.1. The van der Waals surface area contributed by atoms with E-state index in [1.54, 1.807) is 24.4 Å². The number of carbonyl (C=O) groups is 1. The van der Waals surface area contributed by atoms with E-state index in [0.717, 1.165) is 16.6 Å². The van der Waals surface area contributed by atoms with E-state index in [0.29, 0.717) is 21.5 Å². The molecule has 0 aliphatic heterocycles. The number of thiophene rings is 1. The van der Waals surface area contributed by atoms with E-state index in [-0.39, 0.29) is 18.1 Å². The van der Waals surface area contributed by atoms with Gasteiger partial charge < -0.3 is 5.32 Å². The lowest BCUT2D eigenvalue weighted by Gasteiger charge is -2.13. The molecular formula is C23H20FN3O3S. The van der Waals surface area contributed by atoms with Gasteiger partial charge in [-0.2, -0.15) is 0 Å². The van der Waals surface area contributed by atoms with Crippen molar-refractivity contribution in [1.82, 2.24) is 9.13 Å². The van der Waals surface area contributed by atoms with Gasteiger partial charge in [0.05, 0.1) is 11.2 Å². The Hall–Kier alpha value is -3.52. The van der Waals surface area contributed by atoms with Gasteiger partial charge in [-0.15, -0.1) is 11.3 Å². The predicted octanol–water partition coefficient (Wildman–Crippen LogP) is 3.86. The van der Waals surface area contributed by atoms with Crippen LogP contribution in [0.25, 0.3) is 15.9 Å². The Labute approximate surface area is 181 Å². The van der Waals surface area contributed by atoms with Crippen molar-refractivity contribution in [3.05, 3.63) is 91.7 Å². The maximum atomic E-state index is 13.7. The van der Waals surface area contributed by atoms with E-state index < -0.39 is 17.1 Å². The van der Waals surface area contributed by atoms with Crippen molar-refractivity contribution < 1.29 is 9.18 Å². The molecule has 1 amide bonds. The first-order valence-corrected chi connectivity index (χ1v) is 10.7. The third kappa shape index (κ3) is 3.94. The highest BCUT2D eigenvalue weighted by Gasteiger charge is 2.18. The van der Waals surface area contributed by atoms with Crippen molar-refractivity contribution in [1.29, 1.82) is 0 Å². The number of aryl methyl sites for hydroxylation is 2. The number of nitrogens with zero attached hydrogens (tertiary/aromatic N) is 2. The molecule has 2 aromatic heterocycles. The van der Waals surface area contributed by atoms with Gasteiger partial charge in [-0.05, 0) is 66.2 Å². The van der Waals surface area contributed by atoms with Crippen LogP contribution in [0.5, 0.6) is 0 Å².